The van der Waals surface area contributed by atoms with Crippen molar-refractivity contribution in [2.45, 2.75) is 32.5 Å². The first-order valence-corrected chi connectivity index (χ1v) is 6.94. The molecule has 0 unspecified atom stereocenters. The molecule has 2 heterocycles. The zero-order valence-electron chi connectivity index (χ0n) is 11.3. The molecule has 3 nitrogen and oxygen atoms in total. The summed E-state index contributed by atoms with van der Waals surface area (Å²) < 4.78 is 6.18. The Labute approximate surface area is 109 Å². The first kappa shape index (κ1) is 12.1. The van der Waals surface area contributed by atoms with Crippen LogP contribution in [0.1, 0.15) is 24.1 Å². The average molecular weight is 246 g/mol. The van der Waals surface area contributed by atoms with Crippen LogP contribution in [0.25, 0.3) is 0 Å². The largest absolute Gasteiger partial charge is 0.373 e. The molecule has 2 aliphatic rings. The Kier molecular flexibility index (Phi) is 3.35. The van der Waals surface area contributed by atoms with Crippen molar-refractivity contribution in [1.29, 1.82) is 0 Å². The molecule has 0 radical (unpaired) electrons. The minimum absolute atomic E-state index is 0.475. The van der Waals surface area contributed by atoms with Crippen LogP contribution in [0.15, 0.2) is 18.3 Å². The zero-order chi connectivity index (χ0) is 12.5. The molecule has 0 aromatic carbocycles. The summed E-state index contributed by atoms with van der Waals surface area (Å²) in [6.45, 7) is 5.14. The highest BCUT2D eigenvalue weighted by Gasteiger charge is 2.41. The third-order valence-corrected chi connectivity index (χ3v) is 4.34. The second kappa shape index (κ2) is 4.98. The van der Waals surface area contributed by atoms with Crippen molar-refractivity contribution in [1.82, 2.24) is 9.88 Å². The van der Waals surface area contributed by atoms with Gasteiger partial charge in [-0.2, -0.15) is 0 Å². The van der Waals surface area contributed by atoms with Crippen LogP contribution < -0.4 is 0 Å². The summed E-state index contributed by atoms with van der Waals surface area (Å²) in [5.41, 5.74) is 2.26. The predicted molar refractivity (Wildman–Crippen MR) is 71.3 cm³/mol. The monoisotopic (exact) mass is 246 g/mol. The summed E-state index contributed by atoms with van der Waals surface area (Å²) in [6, 6.07) is 4.18. The number of likely N-dealkylation sites (tertiary alicyclic amines) is 1. The van der Waals surface area contributed by atoms with Gasteiger partial charge in [-0.1, -0.05) is 6.07 Å². The van der Waals surface area contributed by atoms with Gasteiger partial charge in [0.25, 0.3) is 0 Å². The van der Waals surface area contributed by atoms with Gasteiger partial charge < -0.3 is 9.64 Å². The lowest BCUT2D eigenvalue weighted by atomic mass is 9.95. The Morgan fingerprint density at radius 3 is 2.61 bits per heavy atom. The molecule has 1 aromatic rings. The van der Waals surface area contributed by atoms with E-state index < -0.39 is 0 Å². The summed E-state index contributed by atoms with van der Waals surface area (Å²) in [5.74, 6) is 1.49. The Hall–Kier alpha value is -0.930. The number of aromatic nitrogens is 1. The number of aryl methyl sites for hydroxylation is 1. The number of hydrogen-bond acceptors (Lipinski definition) is 3. The molecule has 0 N–H and O–H groups in total. The van der Waals surface area contributed by atoms with E-state index in [0.717, 1.165) is 17.5 Å². The SMILES string of the molecule is Cc1ccc(CO[C@H]2[C@@H]3CC[C@H]2CN(C)C3)cn1. The summed E-state index contributed by atoms with van der Waals surface area (Å²) in [7, 11) is 2.23. The third-order valence-electron chi connectivity index (χ3n) is 4.34. The van der Waals surface area contributed by atoms with Crippen molar-refractivity contribution >= 4 is 0 Å². The number of piperidine rings is 1. The maximum atomic E-state index is 6.18. The van der Waals surface area contributed by atoms with Gasteiger partial charge in [-0.3, -0.25) is 4.98 Å². The minimum atomic E-state index is 0.475. The highest BCUT2D eigenvalue weighted by molar-refractivity contribution is 5.12. The maximum Gasteiger partial charge on any atom is 0.0735 e. The third kappa shape index (κ3) is 2.43. The molecule has 0 amide bonds. The fraction of sp³-hybridized carbons (Fsp3) is 0.667. The van der Waals surface area contributed by atoms with Crippen molar-refractivity contribution in [3.05, 3.63) is 29.6 Å². The Morgan fingerprint density at radius 2 is 2.00 bits per heavy atom. The normalized spacial score (nSPS) is 31.8. The quantitative estimate of drug-likeness (QED) is 0.818. The van der Waals surface area contributed by atoms with Crippen LogP contribution in [0.2, 0.25) is 0 Å². The lowest BCUT2D eigenvalue weighted by Crippen LogP contribution is -2.43. The summed E-state index contributed by atoms with van der Waals surface area (Å²) in [4.78, 5) is 6.77. The van der Waals surface area contributed by atoms with E-state index in [2.05, 4.69) is 29.1 Å². The summed E-state index contributed by atoms with van der Waals surface area (Å²) in [5, 5.41) is 0. The molecule has 2 fully saturated rings. The fourth-order valence-corrected chi connectivity index (χ4v) is 3.46. The van der Waals surface area contributed by atoms with Crippen LogP contribution in [0.3, 0.4) is 0 Å². The van der Waals surface area contributed by atoms with Crippen molar-refractivity contribution < 1.29 is 4.74 Å². The molecule has 18 heavy (non-hydrogen) atoms. The number of hydrogen-bond donors (Lipinski definition) is 0. The Balaban J connectivity index is 1.59. The van der Waals surface area contributed by atoms with Crippen molar-refractivity contribution in [3.8, 4) is 0 Å². The lowest BCUT2D eigenvalue weighted by Gasteiger charge is -2.35. The smallest absolute Gasteiger partial charge is 0.0735 e. The molecule has 1 aliphatic heterocycles. The van der Waals surface area contributed by atoms with Gasteiger partial charge in [0.05, 0.1) is 12.7 Å². The van der Waals surface area contributed by atoms with Crippen LogP contribution >= 0.6 is 0 Å². The van der Waals surface area contributed by atoms with Crippen LogP contribution in [-0.4, -0.2) is 36.1 Å². The van der Waals surface area contributed by atoms with E-state index in [0.29, 0.717) is 12.7 Å². The van der Waals surface area contributed by atoms with Gasteiger partial charge in [-0.05, 0) is 50.3 Å². The number of nitrogens with zero attached hydrogens (tertiary/aromatic N) is 2. The van der Waals surface area contributed by atoms with E-state index in [1.54, 1.807) is 0 Å². The molecule has 1 aromatic heterocycles. The van der Waals surface area contributed by atoms with Crippen LogP contribution in [-0.2, 0) is 11.3 Å². The van der Waals surface area contributed by atoms with E-state index in [1.165, 1.54) is 31.5 Å². The zero-order valence-corrected chi connectivity index (χ0v) is 11.3. The molecular weight excluding hydrogens is 224 g/mol. The summed E-state index contributed by atoms with van der Waals surface area (Å²) >= 11 is 0. The molecule has 3 atom stereocenters. The van der Waals surface area contributed by atoms with Gasteiger partial charge in [0, 0.05) is 25.0 Å². The van der Waals surface area contributed by atoms with E-state index in [1.807, 2.05) is 13.1 Å². The van der Waals surface area contributed by atoms with Crippen LogP contribution in [0.4, 0.5) is 0 Å². The van der Waals surface area contributed by atoms with Crippen LogP contribution in [0.5, 0.6) is 0 Å². The van der Waals surface area contributed by atoms with Gasteiger partial charge in [0.2, 0.25) is 0 Å². The van der Waals surface area contributed by atoms with Gasteiger partial charge in [-0.25, -0.2) is 0 Å². The van der Waals surface area contributed by atoms with Crippen molar-refractivity contribution in [3.63, 3.8) is 0 Å². The standard InChI is InChI=1S/C15H22N2O/c1-11-3-4-12(7-16-11)10-18-15-13-5-6-14(15)9-17(2)8-13/h3-4,7,13-15H,5-6,8-10H2,1-2H3/t13-,14+,15+. The number of rotatable bonds is 3. The molecule has 98 valence electrons. The molecular formula is C15H22N2O. The molecule has 1 saturated heterocycles. The Bertz CT molecular complexity index is 389. The van der Waals surface area contributed by atoms with E-state index in [-0.39, 0.29) is 0 Å². The molecule has 1 saturated carbocycles. The lowest BCUT2D eigenvalue weighted by molar-refractivity contribution is -0.0460. The van der Waals surface area contributed by atoms with E-state index >= 15 is 0 Å². The van der Waals surface area contributed by atoms with Gasteiger partial charge >= 0.3 is 0 Å². The number of ether oxygens (including phenoxy) is 1. The van der Waals surface area contributed by atoms with Gasteiger partial charge in [0.1, 0.15) is 0 Å². The van der Waals surface area contributed by atoms with Crippen LogP contribution in [0, 0.1) is 18.8 Å². The molecule has 3 rings (SSSR count). The first-order valence-electron chi connectivity index (χ1n) is 6.94. The van der Waals surface area contributed by atoms with Crippen molar-refractivity contribution in [2.75, 3.05) is 20.1 Å². The minimum Gasteiger partial charge on any atom is -0.373 e. The topological polar surface area (TPSA) is 25.4 Å². The average Bonchev–Trinajstić information content (AvgIpc) is 2.60. The first-order chi connectivity index (χ1) is 8.72. The van der Waals surface area contributed by atoms with E-state index in [4.69, 9.17) is 4.74 Å². The second-order valence-electron chi connectivity index (χ2n) is 5.90. The fourth-order valence-electron chi connectivity index (χ4n) is 3.46. The maximum absolute atomic E-state index is 6.18. The highest BCUT2D eigenvalue weighted by Crippen LogP contribution is 2.38. The summed E-state index contributed by atoms with van der Waals surface area (Å²) in [6.07, 6.45) is 5.09. The molecule has 3 heteroatoms. The number of fused-ring (bicyclic) bond motifs is 2. The molecule has 2 bridgehead atoms. The number of pyridine rings is 1. The molecule has 0 spiro atoms. The second-order valence-corrected chi connectivity index (χ2v) is 5.90. The van der Waals surface area contributed by atoms with Gasteiger partial charge in [0.15, 0.2) is 0 Å². The Morgan fingerprint density at radius 1 is 1.28 bits per heavy atom. The van der Waals surface area contributed by atoms with Crippen molar-refractivity contribution in [2.24, 2.45) is 11.8 Å². The highest BCUT2D eigenvalue weighted by atomic mass is 16.5. The van der Waals surface area contributed by atoms with E-state index in [9.17, 15) is 0 Å². The van der Waals surface area contributed by atoms with Gasteiger partial charge in [-0.15, -0.1) is 0 Å². The molecule has 1 aliphatic carbocycles. The predicted octanol–water partition coefficient (Wildman–Crippen LogP) is 2.25.